The van der Waals surface area contributed by atoms with Crippen molar-refractivity contribution in [3.63, 3.8) is 0 Å². The van der Waals surface area contributed by atoms with Gasteiger partial charge in [0, 0.05) is 43.6 Å². The molecule has 0 bridgehead atoms. The lowest BCUT2D eigenvalue weighted by molar-refractivity contribution is 0.0940. The molecule has 2 aromatic carbocycles. The largest absolute Gasteiger partial charge is 0.369 e. The van der Waals surface area contributed by atoms with Gasteiger partial charge in [0.1, 0.15) is 17.3 Å². The first-order chi connectivity index (χ1) is 15.5. The van der Waals surface area contributed by atoms with Gasteiger partial charge in [0.2, 0.25) is 0 Å². The van der Waals surface area contributed by atoms with Gasteiger partial charge in [-0.1, -0.05) is 19.1 Å². The van der Waals surface area contributed by atoms with Crippen LogP contribution in [0.1, 0.15) is 35.8 Å². The minimum absolute atomic E-state index is 0.262. The highest BCUT2D eigenvalue weighted by Crippen LogP contribution is 2.28. The van der Waals surface area contributed by atoms with E-state index in [-0.39, 0.29) is 17.4 Å². The fourth-order valence-corrected chi connectivity index (χ4v) is 4.03. The zero-order valence-electron chi connectivity index (χ0n) is 18.3. The number of carbonyl (C=O) groups is 1. The maximum atomic E-state index is 14.1. The van der Waals surface area contributed by atoms with Crippen molar-refractivity contribution >= 4 is 11.6 Å². The summed E-state index contributed by atoms with van der Waals surface area (Å²) < 4.78 is 29.4. The first-order valence-corrected chi connectivity index (χ1v) is 10.8. The first-order valence-electron chi connectivity index (χ1n) is 10.8. The van der Waals surface area contributed by atoms with E-state index in [1.165, 1.54) is 35.3 Å². The van der Waals surface area contributed by atoms with E-state index in [0.717, 1.165) is 44.0 Å². The molecule has 1 aromatic heterocycles. The van der Waals surface area contributed by atoms with Crippen LogP contribution in [0.15, 0.2) is 54.9 Å². The van der Waals surface area contributed by atoms with Gasteiger partial charge < -0.3 is 15.1 Å². The minimum atomic E-state index is -0.427. The van der Waals surface area contributed by atoms with E-state index >= 15 is 0 Å². The maximum absolute atomic E-state index is 14.1. The number of benzene rings is 2. The summed E-state index contributed by atoms with van der Waals surface area (Å²) in [6.07, 6.45) is 2.88. The van der Waals surface area contributed by atoms with E-state index in [0.29, 0.717) is 5.56 Å². The summed E-state index contributed by atoms with van der Waals surface area (Å²) in [7, 11) is 0. The van der Waals surface area contributed by atoms with Gasteiger partial charge in [-0.05, 0) is 43.8 Å². The van der Waals surface area contributed by atoms with Crippen LogP contribution in [-0.2, 0) is 0 Å². The summed E-state index contributed by atoms with van der Waals surface area (Å²) in [5, 5.41) is 7.04. The van der Waals surface area contributed by atoms with Crippen molar-refractivity contribution < 1.29 is 13.6 Å². The van der Waals surface area contributed by atoms with Crippen LogP contribution in [-0.4, -0.2) is 53.3 Å². The van der Waals surface area contributed by atoms with E-state index in [1.54, 1.807) is 24.3 Å². The second-order valence-corrected chi connectivity index (χ2v) is 7.94. The molecular weight excluding hydrogens is 412 g/mol. The number of anilines is 1. The number of likely N-dealkylation sites (N-methyl/N-ethyl adjacent to an activating group) is 1. The summed E-state index contributed by atoms with van der Waals surface area (Å²) in [5.41, 5.74) is 2.22. The Morgan fingerprint density at radius 1 is 1.09 bits per heavy atom. The Bertz CT molecular complexity index is 1090. The average molecular weight is 440 g/mol. The number of hydrogen-bond donors (Lipinski definition) is 1. The van der Waals surface area contributed by atoms with Crippen LogP contribution < -0.4 is 10.2 Å². The molecule has 1 amide bonds. The molecule has 0 aliphatic carbocycles. The molecule has 3 aromatic rings. The Morgan fingerprint density at radius 3 is 2.56 bits per heavy atom. The normalized spacial score (nSPS) is 15.6. The molecule has 1 saturated heterocycles. The van der Waals surface area contributed by atoms with Crippen molar-refractivity contribution in [3.8, 4) is 5.69 Å². The highest BCUT2D eigenvalue weighted by molar-refractivity contribution is 5.94. The Hall–Kier alpha value is -3.26. The minimum Gasteiger partial charge on any atom is -0.369 e. The molecule has 6 nitrogen and oxygen atoms in total. The number of hydrogen-bond acceptors (Lipinski definition) is 4. The second kappa shape index (κ2) is 9.48. The molecule has 2 heterocycles. The molecule has 1 N–H and O–H groups in total. The molecule has 1 unspecified atom stereocenters. The maximum Gasteiger partial charge on any atom is 0.254 e. The number of halogens is 2. The number of amides is 1. The van der Waals surface area contributed by atoms with Crippen LogP contribution in [0, 0.1) is 11.6 Å². The van der Waals surface area contributed by atoms with Gasteiger partial charge in [0.05, 0.1) is 17.8 Å². The molecule has 1 atom stereocenters. The summed E-state index contributed by atoms with van der Waals surface area (Å²) in [6, 6.07) is 10.5. The van der Waals surface area contributed by atoms with Crippen LogP contribution >= 0.6 is 0 Å². The van der Waals surface area contributed by atoms with Crippen molar-refractivity contribution in [2.24, 2.45) is 0 Å². The zero-order chi connectivity index (χ0) is 22.7. The van der Waals surface area contributed by atoms with E-state index in [1.807, 2.05) is 6.92 Å². The van der Waals surface area contributed by atoms with Gasteiger partial charge in [0.25, 0.3) is 5.91 Å². The van der Waals surface area contributed by atoms with Crippen LogP contribution in [0.3, 0.4) is 0 Å². The third kappa shape index (κ3) is 4.65. The van der Waals surface area contributed by atoms with Gasteiger partial charge in [-0.15, -0.1) is 0 Å². The number of para-hydroxylation sites is 1. The van der Waals surface area contributed by atoms with Crippen molar-refractivity contribution in [2.45, 2.75) is 19.9 Å². The van der Waals surface area contributed by atoms with E-state index in [4.69, 9.17) is 0 Å². The number of carbonyl (C=O) groups excluding carboxylic acids is 1. The molecule has 4 rings (SSSR count). The lowest BCUT2D eigenvalue weighted by atomic mass is 10.0. The standard InChI is InChI=1S/C24H27F2N5O/c1-3-29-10-12-30(13-11-29)22-9-8-19(25)14-20(22)17(2)28-24(32)18-15-27-31(16-18)23-7-5-4-6-21(23)26/h4-9,14-17H,3,10-13H2,1-2H3,(H,28,32). The fraction of sp³-hybridized carbons (Fsp3) is 0.333. The Balaban J connectivity index is 1.51. The first kappa shape index (κ1) is 22.0. The Labute approximate surface area is 186 Å². The Morgan fingerprint density at radius 2 is 1.84 bits per heavy atom. The van der Waals surface area contributed by atoms with Crippen molar-refractivity contribution in [2.75, 3.05) is 37.6 Å². The Kier molecular flexibility index (Phi) is 6.50. The summed E-state index contributed by atoms with van der Waals surface area (Å²) in [5.74, 6) is -1.13. The lowest BCUT2D eigenvalue weighted by Gasteiger charge is -2.37. The summed E-state index contributed by atoms with van der Waals surface area (Å²) in [4.78, 5) is 17.4. The smallest absolute Gasteiger partial charge is 0.254 e. The van der Waals surface area contributed by atoms with Crippen molar-refractivity contribution in [1.82, 2.24) is 20.0 Å². The quantitative estimate of drug-likeness (QED) is 0.635. The molecule has 0 radical (unpaired) electrons. The molecule has 1 fully saturated rings. The second-order valence-electron chi connectivity index (χ2n) is 7.94. The molecule has 32 heavy (non-hydrogen) atoms. The number of nitrogens with zero attached hydrogens (tertiary/aromatic N) is 4. The van der Waals surface area contributed by atoms with E-state index in [2.05, 4.69) is 27.1 Å². The SMILES string of the molecule is CCN1CCN(c2ccc(F)cc2C(C)NC(=O)c2cnn(-c3ccccc3F)c2)CC1. The predicted octanol–water partition coefficient (Wildman–Crippen LogP) is 3.78. The highest BCUT2D eigenvalue weighted by Gasteiger charge is 2.22. The van der Waals surface area contributed by atoms with Crippen LogP contribution in [0.4, 0.5) is 14.5 Å². The monoisotopic (exact) mass is 439 g/mol. The van der Waals surface area contributed by atoms with E-state index in [9.17, 15) is 13.6 Å². The van der Waals surface area contributed by atoms with Crippen LogP contribution in [0.5, 0.6) is 0 Å². The number of nitrogens with one attached hydrogen (secondary N) is 1. The lowest BCUT2D eigenvalue weighted by Crippen LogP contribution is -2.46. The summed E-state index contributed by atoms with van der Waals surface area (Å²) in [6.45, 7) is 8.58. The molecule has 168 valence electrons. The van der Waals surface area contributed by atoms with Crippen molar-refractivity contribution in [3.05, 3.63) is 77.6 Å². The van der Waals surface area contributed by atoms with Gasteiger partial charge in [0.15, 0.2) is 0 Å². The van der Waals surface area contributed by atoms with Gasteiger partial charge >= 0.3 is 0 Å². The topological polar surface area (TPSA) is 53.4 Å². The number of rotatable bonds is 6. The summed E-state index contributed by atoms with van der Waals surface area (Å²) >= 11 is 0. The van der Waals surface area contributed by atoms with E-state index < -0.39 is 11.9 Å². The fourth-order valence-electron chi connectivity index (χ4n) is 4.03. The van der Waals surface area contributed by atoms with Gasteiger partial charge in [-0.25, -0.2) is 13.5 Å². The molecule has 0 saturated carbocycles. The number of piperazine rings is 1. The van der Waals surface area contributed by atoms with Gasteiger partial charge in [-0.2, -0.15) is 5.10 Å². The average Bonchev–Trinajstić information content (AvgIpc) is 3.29. The molecular formula is C24H27F2N5O. The molecule has 1 aliphatic heterocycles. The van der Waals surface area contributed by atoms with Crippen molar-refractivity contribution in [1.29, 1.82) is 0 Å². The highest BCUT2D eigenvalue weighted by atomic mass is 19.1. The third-order valence-corrected chi connectivity index (χ3v) is 5.91. The third-order valence-electron chi connectivity index (χ3n) is 5.91. The van der Waals surface area contributed by atoms with Crippen LogP contribution in [0.2, 0.25) is 0 Å². The molecule has 0 spiro atoms. The molecule has 8 heteroatoms. The molecule has 1 aliphatic rings. The predicted molar refractivity (Wildman–Crippen MR) is 120 cm³/mol. The van der Waals surface area contributed by atoms with Crippen LogP contribution in [0.25, 0.3) is 5.69 Å². The zero-order valence-corrected chi connectivity index (χ0v) is 18.3. The number of aromatic nitrogens is 2. The van der Waals surface area contributed by atoms with Gasteiger partial charge in [-0.3, -0.25) is 4.79 Å².